The molecule has 0 amide bonds. The van der Waals surface area contributed by atoms with Gasteiger partial charge in [0.2, 0.25) is 0 Å². The topological polar surface area (TPSA) is 48.8 Å². The summed E-state index contributed by atoms with van der Waals surface area (Å²) in [6.45, 7) is 2.48. The maximum absolute atomic E-state index is 13.9. The molecule has 0 N–H and O–H groups in total. The average molecular weight is 584 g/mol. The number of aryl methyl sites for hydroxylation is 1. The van der Waals surface area contributed by atoms with Crippen LogP contribution in [-0.4, -0.2) is 56.2 Å². The van der Waals surface area contributed by atoms with Crippen molar-refractivity contribution in [3.8, 4) is 0 Å². The molecule has 0 spiro atoms. The third-order valence-corrected chi connectivity index (χ3v) is 9.17. The van der Waals surface area contributed by atoms with Gasteiger partial charge in [0.05, 0.1) is 18.1 Å². The van der Waals surface area contributed by atoms with Crippen molar-refractivity contribution in [3.05, 3.63) is 64.9 Å². The lowest BCUT2D eigenvalue weighted by Gasteiger charge is -2.36. The Kier molecular flexibility index (Phi) is 8.61. The van der Waals surface area contributed by atoms with Crippen molar-refractivity contribution in [1.29, 1.82) is 0 Å². The molecular weight excluding hydrogens is 543 g/mol. The summed E-state index contributed by atoms with van der Waals surface area (Å²) >= 11 is 0. The van der Waals surface area contributed by atoms with Crippen LogP contribution in [0.25, 0.3) is 16.5 Å². The van der Waals surface area contributed by atoms with Gasteiger partial charge in [0.25, 0.3) is 0 Å². The van der Waals surface area contributed by atoms with Crippen LogP contribution in [-0.2, 0) is 20.6 Å². The van der Waals surface area contributed by atoms with Crippen LogP contribution in [0.15, 0.2) is 48.2 Å². The Morgan fingerprint density at radius 2 is 1.71 bits per heavy atom. The average Bonchev–Trinajstić information content (AvgIpc) is 3.35. The fraction of sp³-hybridized carbons (Fsp3) is 0.545. The van der Waals surface area contributed by atoms with E-state index in [1.165, 1.54) is 0 Å². The maximum Gasteiger partial charge on any atom is 0.392 e. The molecule has 2 saturated heterocycles. The fourth-order valence-electron chi connectivity index (χ4n) is 7.15. The highest BCUT2D eigenvalue weighted by Gasteiger charge is 2.33. The van der Waals surface area contributed by atoms with Gasteiger partial charge in [0.15, 0.2) is 12.5 Å². The van der Waals surface area contributed by atoms with Gasteiger partial charge in [-0.2, -0.15) is 18.3 Å². The van der Waals surface area contributed by atoms with E-state index in [0.29, 0.717) is 30.8 Å². The van der Waals surface area contributed by atoms with E-state index >= 15 is 0 Å². The number of anilines is 1. The molecule has 226 valence electrons. The van der Waals surface area contributed by atoms with E-state index in [1.54, 1.807) is 14.2 Å². The second-order valence-electron chi connectivity index (χ2n) is 11.8. The first-order chi connectivity index (χ1) is 20.4. The summed E-state index contributed by atoms with van der Waals surface area (Å²) in [5, 5.41) is 5.71. The number of ether oxygens (including phenoxy) is 3. The van der Waals surface area contributed by atoms with Crippen molar-refractivity contribution < 1.29 is 27.4 Å². The molecule has 3 aliphatic rings. The first-order valence-corrected chi connectivity index (χ1v) is 15.2. The molecule has 0 saturated carbocycles. The zero-order valence-corrected chi connectivity index (χ0v) is 24.5. The SMILES string of the molecule is COC(OC)C1CCN(c2ccc(C3=C(CC(F)(F)F)CCCc4c3ccc3c4cnn3C3CCCCO3)cc2)CC1. The van der Waals surface area contributed by atoms with Gasteiger partial charge in [-0.1, -0.05) is 23.8 Å². The highest BCUT2D eigenvalue weighted by Crippen LogP contribution is 2.43. The van der Waals surface area contributed by atoms with Crippen LogP contribution in [0.4, 0.5) is 18.9 Å². The van der Waals surface area contributed by atoms with Crippen LogP contribution in [0.2, 0.25) is 0 Å². The first-order valence-electron chi connectivity index (χ1n) is 15.2. The lowest BCUT2D eigenvalue weighted by molar-refractivity contribution is -0.141. The van der Waals surface area contributed by atoms with Crippen LogP contribution in [0.3, 0.4) is 0 Å². The smallest absolute Gasteiger partial charge is 0.372 e. The number of piperidine rings is 1. The molecule has 9 heteroatoms. The predicted molar refractivity (Wildman–Crippen MR) is 157 cm³/mol. The third-order valence-electron chi connectivity index (χ3n) is 9.17. The van der Waals surface area contributed by atoms with Crippen LogP contribution >= 0.6 is 0 Å². The minimum atomic E-state index is -4.27. The number of nitrogens with zero attached hydrogens (tertiary/aromatic N) is 3. The zero-order valence-electron chi connectivity index (χ0n) is 24.5. The second kappa shape index (κ2) is 12.4. The van der Waals surface area contributed by atoms with E-state index < -0.39 is 12.6 Å². The van der Waals surface area contributed by atoms with Crippen molar-refractivity contribution >= 4 is 22.2 Å². The Labute approximate surface area is 245 Å². The van der Waals surface area contributed by atoms with Crippen molar-refractivity contribution in [1.82, 2.24) is 9.78 Å². The Morgan fingerprint density at radius 3 is 2.38 bits per heavy atom. The van der Waals surface area contributed by atoms with E-state index in [-0.39, 0.29) is 12.5 Å². The number of hydrogen-bond acceptors (Lipinski definition) is 5. The minimum absolute atomic E-state index is 0.0941. The first kappa shape index (κ1) is 29.2. The number of allylic oxidation sites excluding steroid dienone is 1. The summed E-state index contributed by atoms with van der Waals surface area (Å²) in [6, 6.07) is 12.1. The van der Waals surface area contributed by atoms with Gasteiger partial charge in [0.1, 0.15) is 0 Å². The van der Waals surface area contributed by atoms with E-state index in [9.17, 15) is 13.2 Å². The van der Waals surface area contributed by atoms with Gasteiger partial charge >= 0.3 is 6.18 Å². The van der Waals surface area contributed by atoms with Crippen LogP contribution in [0.1, 0.15) is 74.3 Å². The van der Waals surface area contributed by atoms with Crippen LogP contribution in [0.5, 0.6) is 0 Å². The second-order valence-corrected chi connectivity index (χ2v) is 11.8. The van der Waals surface area contributed by atoms with Crippen molar-refractivity contribution in [2.45, 2.75) is 76.5 Å². The molecule has 0 radical (unpaired) electrons. The van der Waals surface area contributed by atoms with Gasteiger partial charge in [0, 0.05) is 50.9 Å². The summed E-state index contributed by atoms with van der Waals surface area (Å²) in [5.41, 5.74) is 6.05. The van der Waals surface area contributed by atoms with Gasteiger partial charge in [-0.25, -0.2) is 4.68 Å². The Balaban J connectivity index is 1.34. The molecule has 1 aromatic heterocycles. The molecule has 42 heavy (non-hydrogen) atoms. The molecule has 2 aromatic carbocycles. The third kappa shape index (κ3) is 5.96. The van der Waals surface area contributed by atoms with Crippen molar-refractivity contribution in [2.75, 3.05) is 38.8 Å². The number of methoxy groups -OCH3 is 2. The van der Waals surface area contributed by atoms with Crippen LogP contribution < -0.4 is 4.90 Å². The lowest BCUT2D eigenvalue weighted by Crippen LogP contribution is -2.39. The zero-order chi connectivity index (χ0) is 29.3. The highest BCUT2D eigenvalue weighted by atomic mass is 19.4. The number of halogens is 3. The number of benzene rings is 2. The molecule has 2 fully saturated rings. The molecule has 1 unspecified atom stereocenters. The monoisotopic (exact) mass is 583 g/mol. The van der Waals surface area contributed by atoms with Crippen molar-refractivity contribution in [3.63, 3.8) is 0 Å². The molecule has 2 aliphatic heterocycles. The van der Waals surface area contributed by atoms with E-state index in [0.717, 1.165) is 90.7 Å². The number of aromatic nitrogens is 2. The van der Waals surface area contributed by atoms with Crippen molar-refractivity contribution in [2.24, 2.45) is 5.92 Å². The molecule has 0 bridgehead atoms. The Bertz CT molecular complexity index is 1400. The standard InChI is InChI=1S/C33H40F3N3O3/c1-40-32(41-2)23-15-17-38(18-16-23)25-11-9-22(10-12-25)31-24(20-33(34,35)36)6-5-7-26-27(31)13-14-29-28(26)21-37-39(29)30-8-3-4-19-42-30/h9-14,21,23,30,32H,3-8,15-20H2,1-2H3. The summed E-state index contributed by atoms with van der Waals surface area (Å²) in [5.74, 6) is 0.346. The number of alkyl halides is 3. The number of fused-ring (bicyclic) bond motifs is 3. The molecule has 3 aromatic rings. The summed E-state index contributed by atoms with van der Waals surface area (Å²) < 4.78 is 60.5. The van der Waals surface area contributed by atoms with Gasteiger partial charge in [-0.15, -0.1) is 0 Å². The number of hydrogen-bond donors (Lipinski definition) is 0. The summed E-state index contributed by atoms with van der Waals surface area (Å²) in [4.78, 5) is 2.33. The summed E-state index contributed by atoms with van der Waals surface area (Å²) in [7, 11) is 3.35. The quantitative estimate of drug-likeness (QED) is 0.267. The van der Waals surface area contributed by atoms with Gasteiger partial charge in [-0.3, -0.25) is 0 Å². The molecule has 1 atom stereocenters. The molecule has 6 nitrogen and oxygen atoms in total. The number of rotatable bonds is 7. The van der Waals surface area contributed by atoms with E-state index in [4.69, 9.17) is 19.3 Å². The Hall–Kier alpha value is -2.88. The normalized spacial score (nSPS) is 20.8. The molecular formula is C33H40F3N3O3. The summed E-state index contributed by atoms with van der Waals surface area (Å²) in [6.07, 6.45) is 3.20. The molecule has 6 rings (SSSR count). The fourth-order valence-corrected chi connectivity index (χ4v) is 7.15. The van der Waals surface area contributed by atoms with E-state index in [2.05, 4.69) is 17.0 Å². The molecule has 1 aliphatic carbocycles. The maximum atomic E-state index is 13.9. The lowest BCUT2D eigenvalue weighted by atomic mass is 9.88. The molecule has 3 heterocycles. The van der Waals surface area contributed by atoms with Gasteiger partial charge < -0.3 is 19.1 Å². The van der Waals surface area contributed by atoms with E-state index in [1.807, 2.05) is 35.1 Å². The van der Waals surface area contributed by atoms with Gasteiger partial charge in [-0.05, 0) is 91.8 Å². The minimum Gasteiger partial charge on any atom is -0.372 e. The Morgan fingerprint density at radius 1 is 0.952 bits per heavy atom. The predicted octanol–water partition coefficient (Wildman–Crippen LogP) is 7.66. The largest absolute Gasteiger partial charge is 0.392 e. The van der Waals surface area contributed by atoms with Crippen LogP contribution in [0, 0.1) is 5.92 Å². The highest BCUT2D eigenvalue weighted by molar-refractivity contribution is 5.93.